The first-order valence-corrected chi connectivity index (χ1v) is 11.9. The van der Waals surface area contributed by atoms with Crippen LogP contribution in [0.2, 0.25) is 0 Å². The van der Waals surface area contributed by atoms with Gasteiger partial charge >= 0.3 is 0 Å². The van der Waals surface area contributed by atoms with Gasteiger partial charge in [-0.1, -0.05) is 36.4 Å². The van der Waals surface area contributed by atoms with Crippen LogP contribution in [-0.2, 0) is 17.6 Å². The summed E-state index contributed by atoms with van der Waals surface area (Å²) in [6.07, 6.45) is 3.33. The van der Waals surface area contributed by atoms with Crippen molar-refractivity contribution in [2.24, 2.45) is 4.99 Å². The van der Waals surface area contributed by atoms with Crippen LogP contribution in [-0.4, -0.2) is 24.4 Å². The summed E-state index contributed by atoms with van der Waals surface area (Å²) in [6, 6.07) is 22.6. The lowest BCUT2D eigenvalue weighted by molar-refractivity contribution is -0.123. The van der Waals surface area contributed by atoms with Gasteiger partial charge in [-0.2, -0.15) is 0 Å². The minimum Gasteiger partial charge on any atom is -0.484 e. The van der Waals surface area contributed by atoms with E-state index in [2.05, 4.69) is 46.3 Å². The Hall–Kier alpha value is -3.80. The molecule has 0 saturated heterocycles. The molecule has 0 aromatic heterocycles. The van der Waals surface area contributed by atoms with E-state index < -0.39 is 0 Å². The van der Waals surface area contributed by atoms with Crippen LogP contribution in [0, 0.1) is 0 Å². The number of anilines is 2. The molecule has 5 rings (SSSR count). The molecule has 34 heavy (non-hydrogen) atoms. The number of benzene rings is 3. The molecule has 1 amide bonds. The zero-order valence-electron chi connectivity index (χ0n) is 19.6. The molecule has 0 radical (unpaired) electrons. The van der Waals surface area contributed by atoms with Crippen LogP contribution < -0.4 is 20.7 Å². The van der Waals surface area contributed by atoms with Crippen molar-refractivity contribution >= 4 is 23.1 Å². The maximum absolute atomic E-state index is 12.0. The van der Waals surface area contributed by atoms with Gasteiger partial charge in [0.15, 0.2) is 6.61 Å². The predicted molar refractivity (Wildman–Crippen MR) is 137 cm³/mol. The highest BCUT2D eigenvalue weighted by Crippen LogP contribution is 2.33. The molecule has 1 aliphatic carbocycles. The number of fused-ring (bicyclic) bond motifs is 2. The average Bonchev–Trinajstić information content (AvgIpc) is 3.30. The summed E-state index contributed by atoms with van der Waals surface area (Å²) in [5.74, 6) is 1.25. The molecule has 3 aromatic rings. The van der Waals surface area contributed by atoms with E-state index in [1.807, 2.05) is 50.2 Å². The number of ether oxygens (including phenoxy) is 1. The van der Waals surface area contributed by atoms with Gasteiger partial charge in [-0.25, -0.2) is 4.99 Å². The van der Waals surface area contributed by atoms with E-state index in [-0.39, 0.29) is 24.7 Å². The Morgan fingerprint density at radius 1 is 1.06 bits per heavy atom. The Balaban J connectivity index is 1.38. The highest BCUT2D eigenvalue weighted by atomic mass is 16.5. The third-order valence-electron chi connectivity index (χ3n) is 6.10. The molecule has 1 unspecified atom stereocenters. The minimum absolute atomic E-state index is 0.0210. The summed E-state index contributed by atoms with van der Waals surface area (Å²) in [6.45, 7) is 3.83. The van der Waals surface area contributed by atoms with E-state index in [0.717, 1.165) is 34.8 Å². The van der Waals surface area contributed by atoms with Crippen molar-refractivity contribution in [1.82, 2.24) is 5.32 Å². The van der Waals surface area contributed by atoms with Crippen LogP contribution >= 0.6 is 0 Å². The molecule has 0 bridgehead atoms. The fourth-order valence-electron chi connectivity index (χ4n) is 4.53. The molecule has 174 valence electrons. The van der Waals surface area contributed by atoms with Crippen LogP contribution in [0.5, 0.6) is 5.75 Å². The number of aliphatic imine (C=N–C) groups is 1. The van der Waals surface area contributed by atoms with Gasteiger partial charge in [0.25, 0.3) is 5.91 Å². The molecule has 6 heteroatoms. The summed E-state index contributed by atoms with van der Waals surface area (Å²) in [7, 11) is 0. The van der Waals surface area contributed by atoms with Crippen molar-refractivity contribution in [2.45, 2.75) is 45.3 Å². The number of aryl methyl sites for hydroxylation is 2. The fraction of sp³-hybridized carbons (Fsp3) is 0.286. The maximum Gasteiger partial charge on any atom is 0.258 e. The SMILES string of the molecule is CC(C)NC(=O)COc1cccc(C2=NC(Nc3ccc4c(c3)CCC4)c3ccccc3N2)c1. The Bertz CT molecular complexity index is 1230. The standard InChI is InChI=1S/C28H30N4O2/c1-18(2)29-26(33)17-34-23-10-6-9-21(16-23)27-31-25-12-4-3-11-24(25)28(32-27)30-22-14-13-19-7-5-8-20(19)15-22/h3-4,6,9-16,18,28,30H,5,7-8,17H2,1-2H3,(H,29,33)(H,31,32). The van der Waals surface area contributed by atoms with Gasteiger partial charge in [0.05, 0.1) is 0 Å². The van der Waals surface area contributed by atoms with Gasteiger partial charge in [0, 0.05) is 28.5 Å². The van der Waals surface area contributed by atoms with Crippen LogP contribution in [0.4, 0.5) is 11.4 Å². The van der Waals surface area contributed by atoms with E-state index in [1.54, 1.807) is 0 Å². The smallest absolute Gasteiger partial charge is 0.258 e. The lowest BCUT2D eigenvalue weighted by Gasteiger charge is -2.27. The molecule has 6 nitrogen and oxygen atoms in total. The third-order valence-corrected chi connectivity index (χ3v) is 6.10. The highest BCUT2D eigenvalue weighted by Gasteiger charge is 2.23. The number of hydrogen-bond acceptors (Lipinski definition) is 5. The van der Waals surface area contributed by atoms with Crippen molar-refractivity contribution in [3.8, 4) is 5.75 Å². The van der Waals surface area contributed by atoms with E-state index >= 15 is 0 Å². The summed E-state index contributed by atoms with van der Waals surface area (Å²) in [5, 5.41) is 9.93. The zero-order valence-corrected chi connectivity index (χ0v) is 19.6. The number of nitrogens with one attached hydrogen (secondary N) is 3. The number of amides is 1. The normalized spacial score (nSPS) is 16.2. The fourth-order valence-corrected chi connectivity index (χ4v) is 4.53. The molecule has 1 aliphatic heterocycles. The first-order chi connectivity index (χ1) is 16.5. The third kappa shape index (κ3) is 4.91. The van der Waals surface area contributed by atoms with Gasteiger partial charge < -0.3 is 20.7 Å². The minimum atomic E-state index is -0.215. The van der Waals surface area contributed by atoms with Crippen LogP contribution in [0.1, 0.15) is 48.7 Å². The first-order valence-electron chi connectivity index (χ1n) is 11.9. The van der Waals surface area contributed by atoms with E-state index in [1.165, 1.54) is 24.0 Å². The Labute approximate surface area is 200 Å². The molecule has 1 heterocycles. The monoisotopic (exact) mass is 454 g/mol. The Kier molecular flexibility index (Phi) is 6.21. The topological polar surface area (TPSA) is 74.8 Å². The first kappa shape index (κ1) is 22.0. The van der Waals surface area contributed by atoms with E-state index in [0.29, 0.717) is 5.75 Å². The number of nitrogens with zero attached hydrogens (tertiary/aromatic N) is 1. The average molecular weight is 455 g/mol. The summed E-state index contributed by atoms with van der Waals surface area (Å²) < 4.78 is 5.72. The van der Waals surface area contributed by atoms with E-state index in [9.17, 15) is 4.79 Å². The number of para-hydroxylation sites is 1. The van der Waals surface area contributed by atoms with Crippen LogP contribution in [0.15, 0.2) is 71.7 Å². The molecule has 0 saturated carbocycles. The number of hydrogen-bond donors (Lipinski definition) is 3. The second-order valence-corrected chi connectivity index (χ2v) is 9.11. The summed E-state index contributed by atoms with van der Waals surface area (Å²) in [4.78, 5) is 17.0. The van der Waals surface area contributed by atoms with Gasteiger partial charge in [-0.3, -0.25) is 4.79 Å². The quantitative estimate of drug-likeness (QED) is 0.466. The largest absolute Gasteiger partial charge is 0.484 e. The lowest BCUT2D eigenvalue weighted by Crippen LogP contribution is -2.34. The number of rotatable bonds is 7. The highest BCUT2D eigenvalue weighted by molar-refractivity contribution is 6.10. The zero-order chi connectivity index (χ0) is 23.5. The van der Waals surface area contributed by atoms with Crippen molar-refractivity contribution in [3.63, 3.8) is 0 Å². The molecule has 3 N–H and O–H groups in total. The van der Waals surface area contributed by atoms with Gasteiger partial charge in [-0.05, 0) is 74.6 Å². The summed E-state index contributed by atoms with van der Waals surface area (Å²) in [5.41, 5.74) is 7.00. The van der Waals surface area contributed by atoms with Crippen molar-refractivity contribution in [1.29, 1.82) is 0 Å². The van der Waals surface area contributed by atoms with Crippen LogP contribution in [0.25, 0.3) is 0 Å². The second-order valence-electron chi connectivity index (χ2n) is 9.11. The van der Waals surface area contributed by atoms with Crippen LogP contribution in [0.3, 0.4) is 0 Å². The number of carbonyl (C=O) groups excluding carboxylic acids is 1. The predicted octanol–water partition coefficient (Wildman–Crippen LogP) is 5.06. The van der Waals surface area contributed by atoms with Gasteiger partial charge in [0.2, 0.25) is 0 Å². The number of amidine groups is 1. The lowest BCUT2D eigenvalue weighted by atomic mass is 10.0. The Morgan fingerprint density at radius 3 is 2.79 bits per heavy atom. The Morgan fingerprint density at radius 2 is 1.91 bits per heavy atom. The molecule has 3 aromatic carbocycles. The van der Waals surface area contributed by atoms with Crippen molar-refractivity contribution < 1.29 is 9.53 Å². The molecule has 1 atom stereocenters. The van der Waals surface area contributed by atoms with Crippen molar-refractivity contribution in [3.05, 3.63) is 89.0 Å². The summed E-state index contributed by atoms with van der Waals surface area (Å²) >= 11 is 0. The molecule has 0 fully saturated rings. The van der Waals surface area contributed by atoms with E-state index in [4.69, 9.17) is 9.73 Å². The van der Waals surface area contributed by atoms with Crippen molar-refractivity contribution in [2.75, 3.05) is 17.2 Å². The number of carbonyl (C=O) groups is 1. The van der Waals surface area contributed by atoms with Gasteiger partial charge in [0.1, 0.15) is 17.8 Å². The maximum atomic E-state index is 12.0. The molecule has 2 aliphatic rings. The molecular weight excluding hydrogens is 424 g/mol. The molecular formula is C28H30N4O2. The van der Waals surface area contributed by atoms with Gasteiger partial charge in [-0.15, -0.1) is 0 Å². The molecule has 0 spiro atoms. The second kappa shape index (κ2) is 9.59.